The second kappa shape index (κ2) is 6.01. The molecule has 1 saturated heterocycles. The molecule has 0 bridgehead atoms. The van der Waals surface area contributed by atoms with Crippen LogP contribution in [0.4, 0.5) is 0 Å². The summed E-state index contributed by atoms with van der Waals surface area (Å²) in [7, 11) is 0. The van der Waals surface area contributed by atoms with Gasteiger partial charge in [-0.25, -0.2) is 0 Å². The van der Waals surface area contributed by atoms with Crippen molar-refractivity contribution in [3.8, 4) is 0 Å². The summed E-state index contributed by atoms with van der Waals surface area (Å²) in [6, 6.07) is 2.09. The van der Waals surface area contributed by atoms with E-state index in [4.69, 9.17) is 4.74 Å². The maximum Gasteiger partial charge on any atom is 0.0522 e. The molecule has 0 saturated carbocycles. The molecular formula is C12H21N3O. The number of ether oxygens (including phenoxy) is 1. The topological polar surface area (TPSA) is 39.1 Å². The highest BCUT2D eigenvalue weighted by atomic mass is 16.5. The van der Waals surface area contributed by atoms with Crippen LogP contribution in [0.1, 0.15) is 25.5 Å². The van der Waals surface area contributed by atoms with Crippen LogP contribution in [0.2, 0.25) is 0 Å². The third-order valence-corrected chi connectivity index (χ3v) is 3.00. The van der Waals surface area contributed by atoms with E-state index < -0.39 is 0 Å². The highest BCUT2D eigenvalue weighted by Gasteiger charge is 2.14. The lowest BCUT2D eigenvalue weighted by molar-refractivity contribution is 0.185. The minimum Gasteiger partial charge on any atom is -0.381 e. The SMILES string of the molecule is CCCn1nccc1CNCC1CCOC1. The van der Waals surface area contributed by atoms with E-state index in [0.29, 0.717) is 5.92 Å². The monoisotopic (exact) mass is 223 g/mol. The van der Waals surface area contributed by atoms with Crippen LogP contribution >= 0.6 is 0 Å². The van der Waals surface area contributed by atoms with Crippen LogP contribution < -0.4 is 5.32 Å². The molecule has 1 aliphatic rings. The summed E-state index contributed by atoms with van der Waals surface area (Å²) in [5.74, 6) is 0.697. The largest absolute Gasteiger partial charge is 0.381 e. The van der Waals surface area contributed by atoms with Gasteiger partial charge < -0.3 is 10.1 Å². The summed E-state index contributed by atoms with van der Waals surface area (Å²) in [5.41, 5.74) is 1.28. The van der Waals surface area contributed by atoms with Crippen molar-refractivity contribution in [3.63, 3.8) is 0 Å². The van der Waals surface area contributed by atoms with Gasteiger partial charge in [0, 0.05) is 32.4 Å². The predicted octanol–water partition coefficient (Wildman–Crippen LogP) is 1.42. The van der Waals surface area contributed by atoms with Crippen LogP contribution in [0.15, 0.2) is 12.3 Å². The predicted molar refractivity (Wildman–Crippen MR) is 63.2 cm³/mol. The van der Waals surface area contributed by atoms with E-state index in [1.807, 2.05) is 6.20 Å². The van der Waals surface area contributed by atoms with Crippen molar-refractivity contribution >= 4 is 0 Å². The van der Waals surface area contributed by atoms with Gasteiger partial charge in [-0.3, -0.25) is 4.68 Å². The number of aromatic nitrogens is 2. The second-order valence-corrected chi connectivity index (χ2v) is 4.41. The fourth-order valence-corrected chi connectivity index (χ4v) is 2.07. The van der Waals surface area contributed by atoms with Crippen LogP contribution in [0.25, 0.3) is 0 Å². The minimum atomic E-state index is 0.697. The van der Waals surface area contributed by atoms with Crippen LogP contribution in [0, 0.1) is 5.92 Å². The van der Waals surface area contributed by atoms with Crippen molar-refractivity contribution in [2.24, 2.45) is 5.92 Å². The van der Waals surface area contributed by atoms with Crippen molar-refractivity contribution < 1.29 is 4.74 Å². The maximum atomic E-state index is 5.35. The zero-order chi connectivity index (χ0) is 11.2. The van der Waals surface area contributed by atoms with Gasteiger partial charge in [0.25, 0.3) is 0 Å². The molecule has 2 rings (SSSR count). The smallest absolute Gasteiger partial charge is 0.0522 e. The quantitative estimate of drug-likeness (QED) is 0.792. The minimum absolute atomic E-state index is 0.697. The fourth-order valence-electron chi connectivity index (χ4n) is 2.07. The first kappa shape index (κ1) is 11.6. The molecular weight excluding hydrogens is 202 g/mol. The molecule has 0 aromatic carbocycles. The first-order valence-corrected chi connectivity index (χ1v) is 6.19. The molecule has 4 nitrogen and oxygen atoms in total. The molecule has 0 aliphatic carbocycles. The number of aryl methyl sites for hydroxylation is 1. The van der Waals surface area contributed by atoms with Gasteiger partial charge in [-0.05, 0) is 24.8 Å². The van der Waals surface area contributed by atoms with Crippen LogP contribution in [0.5, 0.6) is 0 Å². The molecule has 1 N–H and O–H groups in total. The molecule has 1 atom stereocenters. The Bertz CT molecular complexity index is 305. The highest BCUT2D eigenvalue weighted by Crippen LogP contribution is 2.10. The third-order valence-electron chi connectivity index (χ3n) is 3.00. The Balaban J connectivity index is 1.73. The average Bonchev–Trinajstić information content (AvgIpc) is 2.91. The van der Waals surface area contributed by atoms with Gasteiger partial charge in [-0.1, -0.05) is 6.92 Å². The standard InChI is InChI=1S/C12H21N3O/c1-2-6-15-12(3-5-14-15)9-13-8-11-4-7-16-10-11/h3,5,11,13H,2,4,6-10H2,1H3. The van der Waals surface area contributed by atoms with Crippen LogP contribution in [-0.2, 0) is 17.8 Å². The summed E-state index contributed by atoms with van der Waals surface area (Å²) >= 11 is 0. The van der Waals surface area contributed by atoms with Crippen molar-refractivity contribution in [2.45, 2.75) is 32.9 Å². The van der Waals surface area contributed by atoms with Crippen molar-refractivity contribution in [1.29, 1.82) is 0 Å². The van der Waals surface area contributed by atoms with E-state index in [2.05, 4.69) is 28.1 Å². The molecule has 16 heavy (non-hydrogen) atoms. The van der Waals surface area contributed by atoms with Gasteiger partial charge in [0.15, 0.2) is 0 Å². The van der Waals surface area contributed by atoms with Gasteiger partial charge in [-0.2, -0.15) is 5.10 Å². The number of nitrogens with zero attached hydrogens (tertiary/aromatic N) is 2. The Morgan fingerprint density at radius 2 is 2.56 bits per heavy atom. The summed E-state index contributed by atoms with van der Waals surface area (Å²) < 4.78 is 7.43. The fraction of sp³-hybridized carbons (Fsp3) is 0.750. The summed E-state index contributed by atoms with van der Waals surface area (Å²) in [5, 5.41) is 7.80. The van der Waals surface area contributed by atoms with Gasteiger partial charge in [-0.15, -0.1) is 0 Å². The van der Waals surface area contributed by atoms with Gasteiger partial charge in [0.1, 0.15) is 0 Å². The molecule has 1 fully saturated rings. The van der Waals surface area contributed by atoms with Gasteiger partial charge >= 0.3 is 0 Å². The number of nitrogens with one attached hydrogen (secondary N) is 1. The first-order chi connectivity index (χ1) is 7.90. The zero-order valence-electron chi connectivity index (χ0n) is 9.98. The lowest BCUT2D eigenvalue weighted by Crippen LogP contribution is -2.24. The normalized spacial score (nSPS) is 20.4. The lowest BCUT2D eigenvalue weighted by atomic mass is 10.1. The molecule has 0 spiro atoms. The molecule has 1 unspecified atom stereocenters. The van der Waals surface area contributed by atoms with Crippen molar-refractivity contribution in [2.75, 3.05) is 19.8 Å². The van der Waals surface area contributed by atoms with E-state index in [1.54, 1.807) is 0 Å². The second-order valence-electron chi connectivity index (χ2n) is 4.41. The zero-order valence-corrected chi connectivity index (χ0v) is 9.98. The van der Waals surface area contributed by atoms with E-state index in [1.165, 1.54) is 12.1 Å². The van der Waals surface area contributed by atoms with E-state index in [9.17, 15) is 0 Å². The van der Waals surface area contributed by atoms with E-state index in [0.717, 1.165) is 39.3 Å². The first-order valence-electron chi connectivity index (χ1n) is 6.19. The van der Waals surface area contributed by atoms with Gasteiger partial charge in [0.05, 0.1) is 12.3 Å². The molecule has 0 radical (unpaired) electrons. The number of hydrogen-bond acceptors (Lipinski definition) is 3. The Kier molecular flexibility index (Phi) is 4.36. The Morgan fingerprint density at radius 1 is 1.62 bits per heavy atom. The van der Waals surface area contributed by atoms with E-state index in [-0.39, 0.29) is 0 Å². The summed E-state index contributed by atoms with van der Waals surface area (Å²) in [6.45, 7) is 7.00. The summed E-state index contributed by atoms with van der Waals surface area (Å²) in [6.07, 6.45) is 4.21. The van der Waals surface area contributed by atoms with Crippen LogP contribution in [0.3, 0.4) is 0 Å². The average molecular weight is 223 g/mol. The van der Waals surface area contributed by atoms with Crippen molar-refractivity contribution in [3.05, 3.63) is 18.0 Å². The number of hydrogen-bond donors (Lipinski definition) is 1. The molecule has 90 valence electrons. The van der Waals surface area contributed by atoms with Gasteiger partial charge in [0.2, 0.25) is 0 Å². The maximum absolute atomic E-state index is 5.35. The Morgan fingerprint density at radius 3 is 3.31 bits per heavy atom. The molecule has 0 amide bonds. The molecule has 1 aromatic rings. The third kappa shape index (κ3) is 3.06. The molecule has 2 heterocycles. The Labute approximate surface area is 97.0 Å². The lowest BCUT2D eigenvalue weighted by Gasteiger charge is -2.10. The summed E-state index contributed by atoms with van der Waals surface area (Å²) in [4.78, 5) is 0. The molecule has 1 aromatic heterocycles. The Hall–Kier alpha value is -0.870. The number of rotatable bonds is 6. The highest BCUT2D eigenvalue weighted by molar-refractivity contribution is 5.00. The van der Waals surface area contributed by atoms with Crippen LogP contribution in [-0.4, -0.2) is 29.5 Å². The molecule has 4 heteroatoms. The van der Waals surface area contributed by atoms with Crippen molar-refractivity contribution in [1.82, 2.24) is 15.1 Å². The van der Waals surface area contributed by atoms with E-state index >= 15 is 0 Å². The molecule has 1 aliphatic heterocycles.